The molecule has 1 aliphatic rings. The zero-order valence-corrected chi connectivity index (χ0v) is 19.6. The van der Waals surface area contributed by atoms with Gasteiger partial charge in [0.05, 0.1) is 30.0 Å². The second kappa shape index (κ2) is 8.65. The van der Waals surface area contributed by atoms with Crippen molar-refractivity contribution >= 4 is 22.8 Å². The number of ketones is 1. The second-order valence-corrected chi connectivity index (χ2v) is 8.71. The predicted octanol–water partition coefficient (Wildman–Crippen LogP) is 5.04. The quantitative estimate of drug-likeness (QED) is 0.397. The molecule has 0 bridgehead atoms. The van der Waals surface area contributed by atoms with E-state index in [1.165, 1.54) is 0 Å². The number of methoxy groups -OCH3 is 1. The van der Waals surface area contributed by atoms with Crippen molar-refractivity contribution in [2.75, 3.05) is 7.11 Å². The van der Waals surface area contributed by atoms with E-state index >= 15 is 0 Å². The molecule has 5 rings (SSSR count). The van der Waals surface area contributed by atoms with Gasteiger partial charge < -0.3 is 18.6 Å². The summed E-state index contributed by atoms with van der Waals surface area (Å²) in [6.45, 7) is 3.82. The van der Waals surface area contributed by atoms with Crippen LogP contribution in [-0.2, 0) is 16.1 Å². The number of pyridine rings is 1. The van der Waals surface area contributed by atoms with Crippen LogP contribution in [0.3, 0.4) is 0 Å². The average Bonchev–Trinajstić information content (AvgIpc) is 3.40. The summed E-state index contributed by atoms with van der Waals surface area (Å²) in [6, 6.07) is 20.2. The van der Waals surface area contributed by atoms with E-state index < -0.39 is 5.60 Å². The number of fused-ring (bicyclic) bond motifs is 1. The zero-order valence-electron chi connectivity index (χ0n) is 19.6. The molecule has 35 heavy (non-hydrogen) atoms. The summed E-state index contributed by atoms with van der Waals surface area (Å²) in [4.78, 5) is 17.7. The van der Waals surface area contributed by atoms with Gasteiger partial charge in [0.15, 0.2) is 5.60 Å². The van der Waals surface area contributed by atoms with Gasteiger partial charge in [-0.15, -0.1) is 0 Å². The van der Waals surface area contributed by atoms with Gasteiger partial charge in [0, 0.05) is 24.0 Å². The third kappa shape index (κ3) is 4.22. The Bertz CT molecular complexity index is 1490. The maximum Gasteiger partial charge on any atom is 0.210 e. The molecule has 1 aliphatic heterocycles. The van der Waals surface area contributed by atoms with Gasteiger partial charge in [0.25, 0.3) is 0 Å². The van der Waals surface area contributed by atoms with Crippen molar-refractivity contribution in [1.82, 2.24) is 9.38 Å². The van der Waals surface area contributed by atoms with Crippen molar-refractivity contribution < 1.29 is 19.0 Å². The minimum Gasteiger partial charge on any atom is -0.497 e. The van der Waals surface area contributed by atoms with E-state index in [-0.39, 0.29) is 5.78 Å². The van der Waals surface area contributed by atoms with Crippen molar-refractivity contribution in [2.24, 2.45) is 0 Å². The molecule has 2 aromatic carbocycles. The SMILES string of the molecule is COc1ccn2cc(COc3ccc(C4=C(c5ccc(C#N)cc5)OC(C)(C)C4=O)cc3)nc2c1. The summed E-state index contributed by atoms with van der Waals surface area (Å²) >= 11 is 0. The molecule has 0 amide bonds. The Morgan fingerprint density at radius 2 is 1.74 bits per heavy atom. The van der Waals surface area contributed by atoms with Crippen LogP contribution in [0.25, 0.3) is 17.0 Å². The molecule has 0 saturated carbocycles. The van der Waals surface area contributed by atoms with Crippen LogP contribution in [0.1, 0.15) is 36.2 Å². The molecule has 3 heterocycles. The average molecular weight is 466 g/mol. The highest BCUT2D eigenvalue weighted by Gasteiger charge is 2.42. The summed E-state index contributed by atoms with van der Waals surface area (Å²) in [5, 5.41) is 9.08. The molecule has 0 unspecified atom stereocenters. The maximum absolute atomic E-state index is 13.2. The molecular weight excluding hydrogens is 442 g/mol. The number of carbonyl (C=O) groups is 1. The van der Waals surface area contributed by atoms with E-state index in [0.29, 0.717) is 29.3 Å². The highest BCUT2D eigenvalue weighted by molar-refractivity contribution is 6.32. The number of benzene rings is 2. The standard InChI is InChI=1S/C28H23N3O4/c1-28(2)27(32)25(26(35-28)20-6-4-18(15-29)5-7-20)19-8-10-22(11-9-19)34-17-21-16-31-13-12-23(33-3)14-24(31)30-21/h4-14,16H,17H2,1-3H3. The Balaban J connectivity index is 1.38. The largest absolute Gasteiger partial charge is 0.497 e. The Morgan fingerprint density at radius 3 is 2.43 bits per heavy atom. The summed E-state index contributed by atoms with van der Waals surface area (Å²) in [6.07, 6.45) is 3.80. The Morgan fingerprint density at radius 1 is 1.03 bits per heavy atom. The summed E-state index contributed by atoms with van der Waals surface area (Å²) in [7, 11) is 1.62. The van der Waals surface area contributed by atoms with Gasteiger partial charge in [0.2, 0.25) is 5.78 Å². The van der Waals surface area contributed by atoms with Crippen molar-refractivity contribution in [3.8, 4) is 17.6 Å². The molecule has 0 radical (unpaired) electrons. The van der Waals surface area contributed by atoms with E-state index in [1.807, 2.05) is 53.2 Å². The molecule has 7 nitrogen and oxygen atoms in total. The molecule has 0 N–H and O–H groups in total. The highest BCUT2D eigenvalue weighted by Crippen LogP contribution is 2.41. The van der Waals surface area contributed by atoms with Gasteiger partial charge in [-0.25, -0.2) is 4.98 Å². The van der Waals surface area contributed by atoms with Crippen LogP contribution in [0.2, 0.25) is 0 Å². The molecule has 4 aromatic rings. The highest BCUT2D eigenvalue weighted by atomic mass is 16.5. The number of carbonyl (C=O) groups excluding carboxylic acids is 1. The van der Waals surface area contributed by atoms with Crippen molar-refractivity contribution in [1.29, 1.82) is 5.26 Å². The molecule has 7 heteroatoms. The van der Waals surface area contributed by atoms with Crippen LogP contribution in [-0.4, -0.2) is 27.9 Å². The zero-order chi connectivity index (χ0) is 24.6. The normalized spacial score (nSPS) is 14.6. The fourth-order valence-corrected chi connectivity index (χ4v) is 4.01. The van der Waals surface area contributed by atoms with Crippen LogP contribution in [0, 0.1) is 11.3 Å². The molecule has 0 atom stereocenters. The third-order valence-corrected chi connectivity index (χ3v) is 5.88. The first kappa shape index (κ1) is 22.2. The molecule has 0 fully saturated rings. The smallest absolute Gasteiger partial charge is 0.210 e. The predicted molar refractivity (Wildman–Crippen MR) is 131 cm³/mol. The van der Waals surface area contributed by atoms with Gasteiger partial charge in [-0.1, -0.05) is 12.1 Å². The second-order valence-electron chi connectivity index (χ2n) is 8.71. The Labute approximate surface area is 202 Å². The monoisotopic (exact) mass is 465 g/mol. The number of Topliss-reactive ketones (excluding diaryl/α,β-unsaturated/α-hetero) is 1. The van der Waals surface area contributed by atoms with Crippen molar-refractivity contribution in [2.45, 2.75) is 26.1 Å². The molecule has 0 spiro atoms. The summed E-state index contributed by atoms with van der Waals surface area (Å²) in [5.41, 5.74) is 3.15. The lowest BCUT2D eigenvalue weighted by Crippen LogP contribution is -2.29. The first-order valence-electron chi connectivity index (χ1n) is 11.1. The van der Waals surface area contributed by atoms with Crippen molar-refractivity contribution in [3.05, 3.63) is 95.4 Å². The maximum atomic E-state index is 13.2. The summed E-state index contributed by atoms with van der Waals surface area (Å²) in [5.74, 6) is 1.83. The number of ether oxygens (including phenoxy) is 3. The first-order valence-corrected chi connectivity index (χ1v) is 11.1. The molecular formula is C28H23N3O4. The molecule has 0 saturated heterocycles. The van der Waals surface area contributed by atoms with Gasteiger partial charge in [-0.2, -0.15) is 5.26 Å². The summed E-state index contributed by atoms with van der Waals surface area (Å²) < 4.78 is 19.2. The number of imidazole rings is 1. The number of hydrogen-bond acceptors (Lipinski definition) is 6. The van der Waals surface area contributed by atoms with Gasteiger partial charge in [-0.3, -0.25) is 4.79 Å². The van der Waals surface area contributed by atoms with Gasteiger partial charge in [0.1, 0.15) is 29.5 Å². The number of rotatable bonds is 6. The number of aromatic nitrogens is 2. The van der Waals surface area contributed by atoms with Gasteiger partial charge >= 0.3 is 0 Å². The first-order chi connectivity index (χ1) is 16.9. The molecule has 174 valence electrons. The van der Waals surface area contributed by atoms with Crippen LogP contribution < -0.4 is 9.47 Å². The minimum absolute atomic E-state index is 0.0920. The van der Waals surface area contributed by atoms with E-state index in [1.54, 1.807) is 45.2 Å². The van der Waals surface area contributed by atoms with E-state index in [9.17, 15) is 4.79 Å². The minimum atomic E-state index is -0.973. The van der Waals surface area contributed by atoms with Crippen LogP contribution >= 0.6 is 0 Å². The van der Waals surface area contributed by atoms with E-state index in [4.69, 9.17) is 19.5 Å². The topological polar surface area (TPSA) is 85.9 Å². The molecule has 0 aliphatic carbocycles. The number of hydrogen-bond donors (Lipinski definition) is 0. The number of nitriles is 1. The van der Waals surface area contributed by atoms with Crippen LogP contribution in [0.15, 0.2) is 73.1 Å². The third-order valence-electron chi connectivity index (χ3n) is 5.88. The lowest BCUT2D eigenvalue weighted by molar-refractivity contribution is -0.125. The van der Waals surface area contributed by atoms with Crippen LogP contribution in [0.4, 0.5) is 0 Å². The lowest BCUT2D eigenvalue weighted by Gasteiger charge is -2.17. The molecule has 2 aromatic heterocycles. The fourth-order valence-electron chi connectivity index (χ4n) is 4.01. The fraction of sp³-hybridized carbons (Fsp3) is 0.179. The Kier molecular flexibility index (Phi) is 5.50. The number of nitrogens with zero attached hydrogens (tertiary/aromatic N) is 3. The van der Waals surface area contributed by atoms with E-state index in [0.717, 1.165) is 28.2 Å². The van der Waals surface area contributed by atoms with Crippen LogP contribution in [0.5, 0.6) is 11.5 Å². The van der Waals surface area contributed by atoms with Crippen molar-refractivity contribution in [3.63, 3.8) is 0 Å². The Hall–Kier alpha value is -4.57. The lowest BCUT2D eigenvalue weighted by atomic mass is 9.92. The van der Waals surface area contributed by atoms with Gasteiger partial charge in [-0.05, 0) is 61.9 Å². The van der Waals surface area contributed by atoms with E-state index in [2.05, 4.69) is 11.1 Å².